The van der Waals surface area contributed by atoms with Crippen molar-refractivity contribution in [2.75, 3.05) is 17.2 Å². The third-order valence-electron chi connectivity index (χ3n) is 9.17. The molecule has 0 aromatic heterocycles. The summed E-state index contributed by atoms with van der Waals surface area (Å²) in [5.74, 6) is -0.379. The number of nitrogens with zero attached hydrogens (tertiary/aromatic N) is 2. The molecule has 2 aliphatic rings. The SMILES string of the molecule is O=NCC1OC(CSc2ccc(-c3ccc(C4C(CCC(O)c5ccc(F)cc5)C(=O)N4c4ccccc4)cc3)cc2)C(O)C(O)C1O. The number of carbonyl (C=O) groups is 1. The zero-order valence-corrected chi connectivity index (χ0v) is 26.8. The van der Waals surface area contributed by atoms with Crippen LogP contribution in [-0.2, 0) is 9.53 Å². The molecule has 48 heavy (non-hydrogen) atoms. The van der Waals surface area contributed by atoms with Gasteiger partial charge in [-0.1, -0.05) is 71.9 Å². The van der Waals surface area contributed by atoms with Crippen LogP contribution >= 0.6 is 11.8 Å². The Kier molecular flexibility index (Phi) is 10.6. The highest BCUT2D eigenvalue weighted by Crippen LogP contribution is 2.46. The zero-order chi connectivity index (χ0) is 33.8. The highest BCUT2D eigenvalue weighted by atomic mass is 32.2. The summed E-state index contributed by atoms with van der Waals surface area (Å²) in [7, 11) is 0. The minimum atomic E-state index is -1.43. The predicted molar refractivity (Wildman–Crippen MR) is 181 cm³/mol. The molecule has 2 aliphatic heterocycles. The summed E-state index contributed by atoms with van der Waals surface area (Å²) in [6, 6.07) is 31.1. The molecule has 6 rings (SSSR count). The number of hydrogen-bond donors (Lipinski definition) is 4. The fraction of sp³-hybridized carbons (Fsp3) is 0.324. The standard InChI is InChI=1S/C37H37FN2O7S/c38-26-14-10-24(11-15-26)30(41)19-18-29-33(40(37(29)45)27-4-2-1-3-5-27)25-8-6-22(7-9-25)23-12-16-28(17-13-23)48-21-32-35(43)36(44)34(42)31(47-32)20-39-46/h1-17,29-36,41-44H,18-21H2. The van der Waals surface area contributed by atoms with Gasteiger partial charge in [0, 0.05) is 16.3 Å². The van der Waals surface area contributed by atoms with Crippen LogP contribution < -0.4 is 4.90 Å². The van der Waals surface area contributed by atoms with Crippen LogP contribution in [0.5, 0.6) is 0 Å². The number of aliphatic hydroxyl groups is 4. The quantitative estimate of drug-likeness (QED) is 0.0889. The van der Waals surface area contributed by atoms with Crippen molar-refractivity contribution in [3.05, 3.63) is 125 Å². The first-order chi connectivity index (χ1) is 23.2. The molecule has 1 amide bonds. The molecule has 8 atom stereocenters. The Labute approximate surface area is 282 Å². The van der Waals surface area contributed by atoms with Crippen LogP contribution in [0.15, 0.2) is 113 Å². The number of nitroso groups, excluding NO2 is 1. The minimum absolute atomic E-state index is 0.00225. The van der Waals surface area contributed by atoms with Crippen molar-refractivity contribution in [3.8, 4) is 11.1 Å². The summed E-state index contributed by atoms with van der Waals surface area (Å²) < 4.78 is 19.0. The molecule has 2 fully saturated rings. The van der Waals surface area contributed by atoms with E-state index >= 15 is 0 Å². The first kappa shape index (κ1) is 33.9. The van der Waals surface area contributed by atoms with Crippen molar-refractivity contribution in [3.63, 3.8) is 0 Å². The molecule has 4 aromatic rings. The second-order valence-corrected chi connectivity index (χ2v) is 13.3. The van der Waals surface area contributed by atoms with Crippen LogP contribution in [0, 0.1) is 16.6 Å². The molecule has 2 saturated heterocycles. The summed E-state index contributed by atoms with van der Waals surface area (Å²) in [5.41, 5.74) is 4.39. The van der Waals surface area contributed by atoms with Gasteiger partial charge in [-0.3, -0.25) is 4.79 Å². The third kappa shape index (κ3) is 7.21. The van der Waals surface area contributed by atoms with Gasteiger partial charge in [-0.05, 0) is 71.5 Å². The molecule has 0 radical (unpaired) electrons. The van der Waals surface area contributed by atoms with Crippen molar-refractivity contribution in [2.45, 2.75) is 60.4 Å². The van der Waals surface area contributed by atoms with Gasteiger partial charge >= 0.3 is 0 Å². The topological polar surface area (TPSA) is 140 Å². The highest BCUT2D eigenvalue weighted by molar-refractivity contribution is 7.99. The molecule has 0 bridgehead atoms. The van der Waals surface area contributed by atoms with E-state index in [-0.39, 0.29) is 30.2 Å². The fourth-order valence-corrected chi connectivity index (χ4v) is 7.42. The maximum absolute atomic E-state index is 13.4. The largest absolute Gasteiger partial charge is 0.388 e. The molecule has 4 aromatic carbocycles. The van der Waals surface area contributed by atoms with E-state index in [1.807, 2.05) is 78.9 Å². The third-order valence-corrected chi connectivity index (χ3v) is 10.3. The van der Waals surface area contributed by atoms with Gasteiger partial charge in [-0.15, -0.1) is 11.8 Å². The lowest BCUT2D eigenvalue weighted by Gasteiger charge is -2.48. The number of ether oxygens (including phenoxy) is 1. The number of aliphatic hydroxyl groups excluding tert-OH is 4. The van der Waals surface area contributed by atoms with Crippen LogP contribution in [0.25, 0.3) is 11.1 Å². The molecule has 0 spiro atoms. The van der Waals surface area contributed by atoms with Gasteiger partial charge in [0.25, 0.3) is 0 Å². The lowest BCUT2D eigenvalue weighted by atomic mass is 9.78. The Morgan fingerprint density at radius 1 is 0.812 bits per heavy atom. The van der Waals surface area contributed by atoms with Crippen LogP contribution in [-0.4, -0.2) is 69.2 Å². The average Bonchev–Trinajstić information content (AvgIpc) is 3.11. The van der Waals surface area contributed by atoms with E-state index in [2.05, 4.69) is 5.18 Å². The van der Waals surface area contributed by atoms with E-state index in [1.165, 1.54) is 23.9 Å². The first-order valence-electron chi connectivity index (χ1n) is 15.9. The number of para-hydroxylation sites is 1. The molecular weight excluding hydrogens is 635 g/mol. The van der Waals surface area contributed by atoms with Crippen LogP contribution in [0.1, 0.15) is 36.1 Å². The Bertz CT molecular complexity index is 1680. The van der Waals surface area contributed by atoms with Gasteiger partial charge in [0.2, 0.25) is 5.91 Å². The lowest BCUT2D eigenvalue weighted by Crippen LogP contribution is -2.58. The maximum atomic E-state index is 13.4. The molecule has 0 saturated carbocycles. The highest BCUT2D eigenvalue weighted by Gasteiger charge is 2.48. The second-order valence-electron chi connectivity index (χ2n) is 12.2. The van der Waals surface area contributed by atoms with Crippen molar-refractivity contribution < 1.29 is 34.3 Å². The fourth-order valence-electron chi connectivity index (χ4n) is 6.46. The summed E-state index contributed by atoms with van der Waals surface area (Å²) in [6.45, 7) is -0.317. The number of β-lactam (4-membered cyclic amide) rings is 1. The molecule has 2 heterocycles. The lowest BCUT2D eigenvalue weighted by molar-refractivity contribution is -0.212. The number of amides is 1. The Morgan fingerprint density at radius 3 is 2.08 bits per heavy atom. The zero-order valence-electron chi connectivity index (χ0n) is 26.0. The van der Waals surface area contributed by atoms with E-state index in [4.69, 9.17) is 4.74 Å². The summed E-state index contributed by atoms with van der Waals surface area (Å²) in [4.78, 5) is 26.8. The first-order valence-corrected chi connectivity index (χ1v) is 16.9. The number of hydrogen-bond acceptors (Lipinski definition) is 9. The van der Waals surface area contributed by atoms with Gasteiger partial charge in [-0.25, -0.2) is 4.39 Å². The molecule has 11 heteroatoms. The molecular formula is C37H37FN2O7S. The number of benzene rings is 4. The summed E-state index contributed by atoms with van der Waals surface area (Å²) >= 11 is 1.42. The van der Waals surface area contributed by atoms with Crippen molar-refractivity contribution in [2.24, 2.45) is 11.1 Å². The average molecular weight is 673 g/mol. The summed E-state index contributed by atoms with van der Waals surface area (Å²) in [5, 5.41) is 44.1. The molecule has 250 valence electrons. The van der Waals surface area contributed by atoms with Gasteiger partial charge < -0.3 is 30.1 Å². The second kappa shape index (κ2) is 15.1. The van der Waals surface area contributed by atoms with E-state index in [1.54, 1.807) is 17.0 Å². The monoisotopic (exact) mass is 672 g/mol. The number of carbonyl (C=O) groups excluding carboxylic acids is 1. The Morgan fingerprint density at radius 2 is 1.44 bits per heavy atom. The van der Waals surface area contributed by atoms with Gasteiger partial charge in [0.1, 0.15) is 36.8 Å². The Hall–Kier alpha value is -3.97. The van der Waals surface area contributed by atoms with E-state index in [9.17, 15) is 34.5 Å². The predicted octanol–water partition coefficient (Wildman–Crippen LogP) is 5.42. The molecule has 9 nitrogen and oxygen atoms in total. The van der Waals surface area contributed by atoms with Crippen molar-refractivity contribution in [1.29, 1.82) is 0 Å². The number of halogens is 1. The number of anilines is 1. The molecule has 4 N–H and O–H groups in total. The molecule has 8 unspecified atom stereocenters. The molecule has 0 aliphatic carbocycles. The van der Waals surface area contributed by atoms with Gasteiger partial charge in [0.15, 0.2) is 0 Å². The van der Waals surface area contributed by atoms with Crippen molar-refractivity contribution in [1.82, 2.24) is 0 Å². The van der Waals surface area contributed by atoms with E-state index in [0.717, 1.165) is 27.3 Å². The van der Waals surface area contributed by atoms with E-state index in [0.29, 0.717) is 24.2 Å². The number of rotatable bonds is 12. The van der Waals surface area contributed by atoms with E-state index < -0.39 is 36.6 Å². The maximum Gasteiger partial charge on any atom is 0.233 e. The number of thioether (sulfide) groups is 1. The van der Waals surface area contributed by atoms with Crippen LogP contribution in [0.2, 0.25) is 0 Å². The summed E-state index contributed by atoms with van der Waals surface area (Å²) in [6.07, 6.45) is -5.82. The van der Waals surface area contributed by atoms with Gasteiger partial charge in [0.05, 0.1) is 24.2 Å². The van der Waals surface area contributed by atoms with Gasteiger partial charge in [-0.2, -0.15) is 4.91 Å². The normalized spacial score (nSPS) is 26.1. The smallest absolute Gasteiger partial charge is 0.233 e. The Balaban J connectivity index is 1.12. The minimum Gasteiger partial charge on any atom is -0.388 e. The van der Waals surface area contributed by atoms with Crippen LogP contribution in [0.4, 0.5) is 10.1 Å². The van der Waals surface area contributed by atoms with Crippen LogP contribution in [0.3, 0.4) is 0 Å². The van der Waals surface area contributed by atoms with Crippen molar-refractivity contribution >= 4 is 23.4 Å².